The number of hydrogen-bond donors (Lipinski definition) is 5. The van der Waals surface area contributed by atoms with Crippen LogP contribution in [0.3, 0.4) is 0 Å². The van der Waals surface area contributed by atoms with Gasteiger partial charge in [-0.2, -0.15) is 0 Å². The maximum atomic E-state index is 11.2. The summed E-state index contributed by atoms with van der Waals surface area (Å²) in [5.74, 6) is 2.97. The zero-order valence-electron chi connectivity index (χ0n) is 48.6. The van der Waals surface area contributed by atoms with Gasteiger partial charge >= 0.3 is 11.9 Å². The van der Waals surface area contributed by atoms with Crippen LogP contribution in [0.25, 0.3) is 22.8 Å². The lowest BCUT2D eigenvalue weighted by molar-refractivity contribution is -0.147. The summed E-state index contributed by atoms with van der Waals surface area (Å²) < 4.78 is 4.67. The van der Waals surface area contributed by atoms with Crippen LogP contribution in [0.15, 0.2) is 60.7 Å². The van der Waals surface area contributed by atoms with Crippen LogP contribution in [-0.2, 0) is 19.1 Å². The number of halogens is 1. The Hall–Kier alpha value is -6.05. The molecule has 3 heterocycles. The van der Waals surface area contributed by atoms with E-state index in [9.17, 15) is 14.4 Å². The van der Waals surface area contributed by atoms with Crippen LogP contribution >= 0.6 is 11.6 Å². The molecular formula is C62H91ClN8O5. The van der Waals surface area contributed by atoms with Crippen molar-refractivity contribution in [3.8, 4) is 22.8 Å². The van der Waals surface area contributed by atoms with E-state index in [4.69, 9.17) is 42.8 Å². The largest absolute Gasteiger partial charge is 0.481 e. The Labute approximate surface area is 461 Å². The van der Waals surface area contributed by atoms with Crippen molar-refractivity contribution in [2.75, 3.05) is 32.1 Å². The van der Waals surface area contributed by atoms with Crippen LogP contribution in [0.1, 0.15) is 180 Å². The quantitative estimate of drug-likeness (QED) is 0.0275. The first-order chi connectivity index (χ1) is 36.4. The average molecular weight is 1060 g/mol. The number of aliphatic carboxylic acids is 1. The first-order valence-electron chi connectivity index (χ1n) is 27.7. The molecule has 3 saturated carbocycles. The van der Waals surface area contributed by atoms with E-state index in [-0.39, 0.29) is 35.8 Å². The van der Waals surface area contributed by atoms with Gasteiger partial charge in [-0.25, -0.2) is 19.9 Å². The molecule has 2 aromatic heterocycles. The van der Waals surface area contributed by atoms with Gasteiger partial charge < -0.3 is 26.2 Å². The molecule has 0 amide bonds. The molecule has 1 aliphatic heterocycles. The normalized spacial score (nSPS) is 14.2. The van der Waals surface area contributed by atoms with E-state index in [2.05, 4.69) is 91.4 Å². The van der Waals surface area contributed by atoms with Crippen LogP contribution in [0.4, 0.5) is 5.82 Å². The summed E-state index contributed by atoms with van der Waals surface area (Å²) >= 11 is 6.18. The minimum Gasteiger partial charge on any atom is -0.481 e. The number of aryl methyl sites for hydroxylation is 6. The molecule has 9 rings (SSSR count). The first kappa shape index (κ1) is 66.1. The van der Waals surface area contributed by atoms with Gasteiger partial charge in [0.2, 0.25) is 0 Å². The Bertz CT molecular complexity index is 2560. The standard InChI is InChI=1S/C17H22N4.C16H17ClN2.C9H12N2.C9H14O3.C5H8O2.3C2H6/c1-10-6-5-7-11(2)14(10)17-20-15(13-8-19-9-13)12(3)16(18-4)21-17;1-10-5-3-6-11(2)15(10)16-18-13(9-14(17)19-16)12-7-4-8-12;1-6-4-3-5-7(2)8(6)9(10)11;1-2-12-9(11)6-8(10)7-4-3-5-7;6-5(7)4-2-1-3-4;3*1-2/h5-7,13,19H,8-9H2,1-4H3,(H,18,20,21);3,5-6,9,12H,4,7-8H2,1-2H3;3-5H,1-2H3,(H3,10,11);7H,2-6H2,1H3;4H,1-3H2,(H,6,7);3*1-2H3. The van der Waals surface area contributed by atoms with Crippen LogP contribution in [0, 0.1) is 65.7 Å². The molecule has 0 radical (unpaired) electrons. The number of carbonyl (C=O) groups is 3. The monoisotopic (exact) mass is 1060 g/mol. The number of rotatable bonds is 11. The predicted molar refractivity (Wildman–Crippen MR) is 315 cm³/mol. The second-order valence-corrected chi connectivity index (χ2v) is 19.2. The molecular weight excluding hydrogens is 972 g/mol. The first-order valence-corrected chi connectivity index (χ1v) is 28.1. The minimum absolute atomic E-state index is 0.000000000000000444. The number of nitrogens with one attached hydrogen (secondary N) is 3. The molecule has 0 bridgehead atoms. The lowest BCUT2D eigenvalue weighted by atomic mass is 9.81. The number of ether oxygens (including phenoxy) is 1. The highest BCUT2D eigenvalue weighted by molar-refractivity contribution is 6.29. The van der Waals surface area contributed by atoms with Crippen molar-refractivity contribution in [2.24, 2.45) is 17.6 Å². The van der Waals surface area contributed by atoms with Gasteiger partial charge in [-0.15, -0.1) is 0 Å². The summed E-state index contributed by atoms with van der Waals surface area (Å²) in [6.45, 7) is 30.6. The number of aromatic nitrogens is 4. The molecule has 5 aromatic rings. The van der Waals surface area contributed by atoms with E-state index >= 15 is 0 Å². The number of carbonyl (C=O) groups excluding carboxylic acids is 2. The smallest absolute Gasteiger partial charge is 0.313 e. The number of ketones is 1. The van der Waals surface area contributed by atoms with Crippen molar-refractivity contribution in [1.29, 1.82) is 5.41 Å². The van der Waals surface area contributed by atoms with Gasteiger partial charge in [-0.3, -0.25) is 19.8 Å². The number of carboxylic acid groups (broad SMARTS) is 1. The number of esters is 1. The summed E-state index contributed by atoms with van der Waals surface area (Å²) in [6, 6.07) is 20.4. The topological polar surface area (TPSA) is 206 Å². The number of hydrogen-bond acceptors (Lipinski definition) is 11. The summed E-state index contributed by atoms with van der Waals surface area (Å²) in [4.78, 5) is 50.9. The van der Waals surface area contributed by atoms with Gasteiger partial charge in [-0.05, 0) is 133 Å². The van der Waals surface area contributed by atoms with Crippen molar-refractivity contribution in [3.63, 3.8) is 0 Å². The summed E-state index contributed by atoms with van der Waals surface area (Å²) in [7, 11) is 1.92. The van der Waals surface area contributed by atoms with Crippen LogP contribution in [-0.4, -0.2) is 75.3 Å². The van der Waals surface area contributed by atoms with E-state index in [1.54, 1.807) is 6.92 Å². The second kappa shape index (κ2) is 34.6. The number of nitrogen functional groups attached to an aromatic ring is 1. The summed E-state index contributed by atoms with van der Waals surface area (Å²) in [6.07, 6.45) is 9.65. The third kappa shape index (κ3) is 19.5. The number of anilines is 1. The summed E-state index contributed by atoms with van der Waals surface area (Å²) in [5.41, 5.74) is 18.9. The molecule has 4 fully saturated rings. The molecule has 13 nitrogen and oxygen atoms in total. The molecule has 0 atom stereocenters. The van der Waals surface area contributed by atoms with E-state index in [0.717, 1.165) is 103 Å². The average Bonchev–Trinajstić information content (AvgIpc) is 3.30. The minimum atomic E-state index is -0.619. The maximum absolute atomic E-state index is 11.2. The SMILES string of the molecule is CC.CC.CC.CCOC(=O)CC(=O)C1CCC1.CNc1nc(-c2c(C)cccc2C)nc(C2CNC2)c1C.Cc1cccc(C)c1-c1nc(Cl)cc(C2CCC2)n1.Cc1cccc(C)c1C(=N)N.O=C(O)C1CCC1. The van der Waals surface area contributed by atoms with Crippen LogP contribution in [0.5, 0.6) is 0 Å². The molecule has 4 aliphatic rings. The predicted octanol–water partition coefficient (Wildman–Crippen LogP) is 14.3. The highest BCUT2D eigenvalue weighted by atomic mass is 35.5. The van der Waals surface area contributed by atoms with E-state index in [1.807, 2.05) is 86.7 Å². The molecule has 6 N–H and O–H groups in total. The zero-order chi connectivity index (χ0) is 57.1. The Morgan fingerprint density at radius 2 is 1.13 bits per heavy atom. The van der Waals surface area contributed by atoms with Gasteiger partial charge in [0.25, 0.3) is 0 Å². The highest BCUT2D eigenvalue weighted by Crippen LogP contribution is 2.37. The van der Waals surface area contributed by atoms with Crippen molar-refractivity contribution in [2.45, 2.75) is 173 Å². The lowest BCUT2D eigenvalue weighted by Gasteiger charge is -2.28. The molecule has 14 heteroatoms. The fourth-order valence-electron chi connectivity index (χ4n) is 8.69. The van der Waals surface area contributed by atoms with Gasteiger partial charge in [-0.1, -0.05) is 127 Å². The fourth-order valence-corrected chi connectivity index (χ4v) is 8.88. The fraction of sp³-hybridized carbons (Fsp3) is 0.516. The number of benzene rings is 3. The molecule has 0 unspecified atom stereocenters. The van der Waals surface area contributed by atoms with Crippen LogP contribution < -0.4 is 16.4 Å². The number of nitrogens with two attached hydrogens (primary N) is 1. The van der Waals surface area contributed by atoms with Crippen molar-refractivity contribution >= 4 is 41.0 Å². The Kier molecular flexibility index (Phi) is 30.1. The van der Waals surface area contributed by atoms with Gasteiger partial charge in [0.1, 0.15) is 29.0 Å². The Balaban J connectivity index is 0.000000330. The zero-order valence-corrected chi connectivity index (χ0v) is 49.4. The highest BCUT2D eigenvalue weighted by Gasteiger charge is 2.28. The lowest BCUT2D eigenvalue weighted by Crippen LogP contribution is -2.41. The second-order valence-electron chi connectivity index (χ2n) is 18.8. The van der Waals surface area contributed by atoms with Gasteiger partial charge in [0.05, 0.1) is 18.2 Å². The number of carboxylic acids is 1. The number of nitrogens with zero attached hydrogens (tertiary/aromatic N) is 4. The summed E-state index contributed by atoms with van der Waals surface area (Å²) in [5, 5.41) is 22.6. The van der Waals surface area contributed by atoms with Gasteiger partial charge in [0, 0.05) is 65.8 Å². The van der Waals surface area contributed by atoms with Crippen molar-refractivity contribution in [3.05, 3.63) is 122 Å². The van der Waals surface area contributed by atoms with Crippen LogP contribution in [0.2, 0.25) is 5.15 Å². The maximum Gasteiger partial charge on any atom is 0.313 e. The molecule has 416 valence electrons. The molecule has 76 heavy (non-hydrogen) atoms. The third-order valence-corrected chi connectivity index (χ3v) is 13.8. The van der Waals surface area contributed by atoms with Crippen molar-refractivity contribution < 1.29 is 24.2 Å². The molecule has 3 aliphatic carbocycles. The molecule has 3 aromatic carbocycles. The van der Waals surface area contributed by atoms with E-state index in [1.165, 1.54) is 52.8 Å². The molecule has 0 spiro atoms. The Morgan fingerprint density at radius 1 is 0.684 bits per heavy atom. The number of amidine groups is 1. The van der Waals surface area contributed by atoms with E-state index in [0.29, 0.717) is 23.6 Å². The van der Waals surface area contributed by atoms with E-state index < -0.39 is 5.97 Å². The third-order valence-electron chi connectivity index (χ3n) is 13.6. The van der Waals surface area contributed by atoms with Crippen molar-refractivity contribution in [1.82, 2.24) is 25.3 Å². The Morgan fingerprint density at radius 3 is 1.46 bits per heavy atom. The number of Topliss-reactive ketones (excluding diaryl/α,β-unsaturated/α-hetero) is 1. The van der Waals surface area contributed by atoms with Gasteiger partial charge in [0.15, 0.2) is 11.6 Å². The molecule has 1 saturated heterocycles.